The van der Waals surface area contributed by atoms with Crippen molar-refractivity contribution in [1.29, 1.82) is 0 Å². The summed E-state index contributed by atoms with van der Waals surface area (Å²) in [6.07, 6.45) is 4.45. The first-order valence-corrected chi connectivity index (χ1v) is 15.9. The number of nitrogens with one attached hydrogen (secondary N) is 1. The van der Waals surface area contributed by atoms with Crippen LogP contribution in [0.25, 0.3) is 21.0 Å². The average molecular weight is 576 g/mol. The molecule has 4 aromatic rings. The molecule has 0 bridgehead atoms. The molecule has 9 heteroatoms. The third-order valence-corrected chi connectivity index (χ3v) is 9.84. The standard InChI is InChI=1S/C31H37N5O2S2/c1-4-36(5-2)40(37)27-10-8-9-24(21-27)28-15-16-29(39-28)30-23(3)22-32-31(34-30)33-25-11-13-26(14-12-25)38-20-19-35-17-6-7-18-35/h8-16,21-22H,4-7,17-20H2,1-3H3,(H,32,33,34). The highest BCUT2D eigenvalue weighted by molar-refractivity contribution is 7.82. The number of hydrogen-bond donors (Lipinski definition) is 1. The minimum absolute atomic E-state index is 0.551. The van der Waals surface area contributed by atoms with Gasteiger partial charge in [0.1, 0.15) is 23.3 Å². The van der Waals surface area contributed by atoms with Gasteiger partial charge in [0.2, 0.25) is 5.95 Å². The van der Waals surface area contributed by atoms with E-state index in [1.54, 1.807) is 11.3 Å². The minimum atomic E-state index is -1.17. The number of likely N-dealkylation sites (tertiary alicyclic amines) is 1. The normalized spacial score (nSPS) is 14.5. The van der Waals surface area contributed by atoms with E-state index < -0.39 is 11.0 Å². The summed E-state index contributed by atoms with van der Waals surface area (Å²) < 4.78 is 20.9. The molecule has 1 saturated heterocycles. The fourth-order valence-electron chi connectivity index (χ4n) is 4.80. The van der Waals surface area contributed by atoms with Crippen molar-refractivity contribution in [3.63, 3.8) is 0 Å². The highest BCUT2D eigenvalue weighted by Gasteiger charge is 2.15. The predicted molar refractivity (Wildman–Crippen MR) is 166 cm³/mol. The molecule has 3 heterocycles. The number of benzene rings is 2. The Hall–Kier alpha value is -3.11. The first-order valence-electron chi connectivity index (χ1n) is 14.0. The molecule has 1 atom stereocenters. The van der Waals surface area contributed by atoms with Gasteiger partial charge in [-0.3, -0.25) is 4.90 Å². The molecule has 0 amide bonds. The predicted octanol–water partition coefficient (Wildman–Crippen LogP) is 6.76. The molecule has 5 rings (SSSR count). The lowest BCUT2D eigenvalue weighted by molar-refractivity contribution is 0.238. The lowest BCUT2D eigenvalue weighted by atomic mass is 10.2. The average Bonchev–Trinajstić information content (AvgIpc) is 3.69. The molecule has 1 aliphatic rings. The second-order valence-corrected chi connectivity index (χ2v) is 12.4. The second-order valence-electron chi connectivity index (χ2n) is 9.83. The number of aromatic nitrogens is 2. The summed E-state index contributed by atoms with van der Waals surface area (Å²) in [5, 5.41) is 3.33. The number of rotatable bonds is 12. The van der Waals surface area contributed by atoms with Crippen LogP contribution >= 0.6 is 11.3 Å². The summed E-state index contributed by atoms with van der Waals surface area (Å²) in [5.74, 6) is 1.42. The van der Waals surface area contributed by atoms with Gasteiger partial charge in [-0.1, -0.05) is 26.0 Å². The number of thiophene rings is 1. The molecule has 210 valence electrons. The quantitative estimate of drug-likeness (QED) is 0.201. The molecular formula is C31H37N5O2S2. The van der Waals surface area contributed by atoms with Gasteiger partial charge in [0.05, 0.1) is 15.5 Å². The molecule has 2 aromatic heterocycles. The monoisotopic (exact) mass is 575 g/mol. The molecule has 0 aliphatic carbocycles. The molecule has 7 nitrogen and oxygen atoms in total. The number of nitrogens with zero attached hydrogens (tertiary/aromatic N) is 4. The van der Waals surface area contributed by atoms with Crippen molar-refractivity contribution in [3.05, 3.63) is 72.4 Å². The zero-order chi connectivity index (χ0) is 27.9. The number of aryl methyl sites for hydroxylation is 1. The van der Waals surface area contributed by atoms with Crippen LogP contribution in [-0.4, -0.2) is 62.7 Å². The zero-order valence-corrected chi connectivity index (χ0v) is 25.1. The van der Waals surface area contributed by atoms with E-state index in [4.69, 9.17) is 9.72 Å². The van der Waals surface area contributed by atoms with Gasteiger partial charge < -0.3 is 10.1 Å². The Labute approximate surface area is 243 Å². The van der Waals surface area contributed by atoms with Gasteiger partial charge in [0.15, 0.2) is 0 Å². The Morgan fingerprint density at radius 2 is 1.77 bits per heavy atom. The molecule has 1 unspecified atom stereocenters. The fraction of sp³-hybridized carbons (Fsp3) is 0.355. The largest absolute Gasteiger partial charge is 0.492 e. The van der Waals surface area contributed by atoms with Crippen molar-refractivity contribution >= 4 is 34.0 Å². The Kier molecular flexibility index (Phi) is 9.59. The van der Waals surface area contributed by atoms with Crippen LogP contribution in [0.15, 0.2) is 71.8 Å². The van der Waals surface area contributed by atoms with Crippen molar-refractivity contribution in [2.45, 2.75) is 38.5 Å². The zero-order valence-electron chi connectivity index (χ0n) is 23.4. The van der Waals surface area contributed by atoms with E-state index in [1.807, 2.05) is 73.7 Å². The molecule has 1 aliphatic heterocycles. The van der Waals surface area contributed by atoms with E-state index in [0.717, 1.165) is 62.5 Å². The van der Waals surface area contributed by atoms with Crippen LogP contribution in [0.2, 0.25) is 0 Å². The van der Waals surface area contributed by atoms with Gasteiger partial charge >= 0.3 is 0 Å². The maximum Gasteiger partial charge on any atom is 0.227 e. The van der Waals surface area contributed by atoms with Crippen LogP contribution in [0.1, 0.15) is 32.3 Å². The van der Waals surface area contributed by atoms with Crippen molar-refractivity contribution in [2.75, 3.05) is 44.6 Å². The smallest absolute Gasteiger partial charge is 0.227 e. The minimum Gasteiger partial charge on any atom is -0.492 e. The topological polar surface area (TPSA) is 70.6 Å². The summed E-state index contributed by atoms with van der Waals surface area (Å²) in [4.78, 5) is 14.8. The van der Waals surface area contributed by atoms with Gasteiger partial charge in [-0.05, 0) is 92.5 Å². The van der Waals surface area contributed by atoms with Crippen LogP contribution in [-0.2, 0) is 11.0 Å². The highest BCUT2D eigenvalue weighted by Crippen LogP contribution is 2.36. The molecule has 1 N–H and O–H groups in total. The van der Waals surface area contributed by atoms with E-state index >= 15 is 0 Å². The molecule has 1 fully saturated rings. The van der Waals surface area contributed by atoms with E-state index in [0.29, 0.717) is 12.6 Å². The maximum absolute atomic E-state index is 13.0. The molecule has 0 saturated carbocycles. The number of hydrogen-bond acceptors (Lipinski definition) is 7. The van der Waals surface area contributed by atoms with Crippen LogP contribution in [0.5, 0.6) is 5.75 Å². The Morgan fingerprint density at radius 1 is 1.02 bits per heavy atom. The van der Waals surface area contributed by atoms with Gasteiger partial charge in [0, 0.05) is 36.4 Å². The van der Waals surface area contributed by atoms with Crippen LogP contribution in [0, 0.1) is 6.92 Å². The summed E-state index contributed by atoms with van der Waals surface area (Å²) in [6.45, 7) is 11.6. The molecule has 0 spiro atoms. The summed E-state index contributed by atoms with van der Waals surface area (Å²) in [5.41, 5.74) is 3.88. The molecule has 0 radical (unpaired) electrons. The molecule has 40 heavy (non-hydrogen) atoms. The first-order chi connectivity index (χ1) is 19.5. The lowest BCUT2D eigenvalue weighted by Gasteiger charge is -2.17. The van der Waals surface area contributed by atoms with E-state index in [9.17, 15) is 4.21 Å². The van der Waals surface area contributed by atoms with Crippen LogP contribution in [0.4, 0.5) is 11.6 Å². The van der Waals surface area contributed by atoms with Crippen molar-refractivity contribution in [1.82, 2.24) is 19.2 Å². The first kappa shape index (κ1) is 28.4. The SMILES string of the molecule is CCN(CC)S(=O)c1cccc(-c2ccc(-c3nc(Nc4ccc(OCCN5CCCC5)cc4)ncc3C)s2)c1. The second kappa shape index (κ2) is 13.5. The maximum atomic E-state index is 13.0. The van der Waals surface area contributed by atoms with E-state index in [1.165, 1.54) is 25.9 Å². The third-order valence-electron chi connectivity index (χ3n) is 7.06. The van der Waals surface area contributed by atoms with Gasteiger partial charge in [0.25, 0.3) is 0 Å². The Balaban J connectivity index is 1.26. The van der Waals surface area contributed by atoms with Gasteiger partial charge in [-0.2, -0.15) is 0 Å². The lowest BCUT2D eigenvalue weighted by Crippen LogP contribution is -2.25. The molecular weight excluding hydrogens is 539 g/mol. The highest BCUT2D eigenvalue weighted by atomic mass is 32.2. The van der Waals surface area contributed by atoms with E-state index in [-0.39, 0.29) is 0 Å². The van der Waals surface area contributed by atoms with Crippen molar-refractivity contribution < 1.29 is 8.95 Å². The van der Waals surface area contributed by atoms with Crippen molar-refractivity contribution in [3.8, 4) is 26.8 Å². The summed E-state index contributed by atoms with van der Waals surface area (Å²) >= 11 is 1.68. The van der Waals surface area contributed by atoms with Gasteiger partial charge in [-0.15, -0.1) is 11.3 Å². The van der Waals surface area contributed by atoms with Crippen LogP contribution < -0.4 is 10.1 Å². The van der Waals surface area contributed by atoms with E-state index in [2.05, 4.69) is 33.4 Å². The molecule has 2 aromatic carbocycles. The number of ether oxygens (including phenoxy) is 1. The fourth-order valence-corrected chi connectivity index (χ4v) is 7.05. The Morgan fingerprint density at radius 3 is 2.52 bits per heavy atom. The third kappa shape index (κ3) is 6.96. The van der Waals surface area contributed by atoms with Gasteiger partial charge in [-0.25, -0.2) is 18.5 Å². The Bertz CT molecular complexity index is 1430. The van der Waals surface area contributed by atoms with Crippen LogP contribution in [0.3, 0.4) is 0 Å². The summed E-state index contributed by atoms with van der Waals surface area (Å²) in [7, 11) is -1.17. The van der Waals surface area contributed by atoms with Crippen molar-refractivity contribution in [2.24, 2.45) is 0 Å². The summed E-state index contributed by atoms with van der Waals surface area (Å²) in [6, 6.07) is 20.2. The number of anilines is 2.